The van der Waals surface area contributed by atoms with Crippen molar-refractivity contribution < 1.29 is 0 Å². The maximum atomic E-state index is 11.3. The summed E-state index contributed by atoms with van der Waals surface area (Å²) >= 11 is 1.53. The van der Waals surface area contributed by atoms with Crippen LogP contribution in [0.25, 0.3) is 11.4 Å². The summed E-state index contributed by atoms with van der Waals surface area (Å²) in [7, 11) is 0. The van der Waals surface area contributed by atoms with Crippen LogP contribution < -0.4 is 5.56 Å². The number of thioether (sulfide) groups is 1. The van der Waals surface area contributed by atoms with Gasteiger partial charge in [-0.1, -0.05) is 35.5 Å². The molecule has 2 heterocycles. The van der Waals surface area contributed by atoms with Crippen molar-refractivity contribution >= 4 is 11.8 Å². The molecule has 6 nitrogen and oxygen atoms in total. The largest absolute Gasteiger partial charge is 0.313 e. The molecule has 0 fully saturated rings. The van der Waals surface area contributed by atoms with E-state index in [1.807, 2.05) is 12.1 Å². The summed E-state index contributed by atoms with van der Waals surface area (Å²) in [5.74, 6) is 1.44. The Bertz CT molecular complexity index is 871. The van der Waals surface area contributed by atoms with Crippen molar-refractivity contribution in [2.75, 3.05) is 0 Å². The van der Waals surface area contributed by atoms with Crippen molar-refractivity contribution in [2.24, 2.45) is 0 Å². The third kappa shape index (κ3) is 3.50. The highest BCUT2D eigenvalue weighted by Crippen LogP contribution is 2.26. The highest BCUT2D eigenvalue weighted by atomic mass is 32.2. The quantitative estimate of drug-likeness (QED) is 0.729. The van der Waals surface area contributed by atoms with Gasteiger partial charge < -0.3 is 9.55 Å². The van der Waals surface area contributed by atoms with E-state index in [2.05, 4.69) is 50.7 Å². The van der Waals surface area contributed by atoms with Crippen molar-refractivity contribution in [1.82, 2.24) is 24.7 Å². The molecule has 0 bridgehead atoms. The molecular weight excluding hydrogens is 310 g/mol. The van der Waals surface area contributed by atoms with Gasteiger partial charge in [-0.05, 0) is 19.9 Å². The Morgan fingerprint density at radius 2 is 2.13 bits per heavy atom. The molecule has 0 aliphatic heterocycles. The molecule has 2 aromatic heterocycles. The normalized spacial score (nSPS) is 10.9. The molecule has 1 N–H and O–H groups in total. The van der Waals surface area contributed by atoms with Crippen LogP contribution in [0.15, 0.2) is 46.6 Å². The Kier molecular flexibility index (Phi) is 4.57. The first-order valence-electron chi connectivity index (χ1n) is 7.34. The SMILES string of the molecule is CCn1c(SCc2cc(=O)[nH]cn2)nnc1-c1cccc(C)c1. The van der Waals surface area contributed by atoms with Gasteiger partial charge in [0.2, 0.25) is 0 Å². The summed E-state index contributed by atoms with van der Waals surface area (Å²) in [6, 6.07) is 9.72. The lowest BCUT2D eigenvalue weighted by molar-refractivity contribution is 0.687. The van der Waals surface area contributed by atoms with E-state index in [0.29, 0.717) is 5.75 Å². The zero-order chi connectivity index (χ0) is 16.2. The number of aromatic amines is 1. The maximum absolute atomic E-state index is 11.3. The van der Waals surface area contributed by atoms with E-state index in [0.717, 1.165) is 28.8 Å². The van der Waals surface area contributed by atoms with Crippen LogP contribution in [0.2, 0.25) is 0 Å². The topological polar surface area (TPSA) is 76.5 Å². The summed E-state index contributed by atoms with van der Waals surface area (Å²) < 4.78 is 2.08. The lowest BCUT2D eigenvalue weighted by Gasteiger charge is -2.07. The molecule has 0 spiro atoms. The summed E-state index contributed by atoms with van der Waals surface area (Å²) in [4.78, 5) is 18.0. The van der Waals surface area contributed by atoms with Crippen LogP contribution in [0, 0.1) is 6.92 Å². The minimum atomic E-state index is -0.145. The smallest absolute Gasteiger partial charge is 0.250 e. The Hall–Kier alpha value is -2.41. The average molecular weight is 327 g/mol. The van der Waals surface area contributed by atoms with Gasteiger partial charge in [0.15, 0.2) is 11.0 Å². The Morgan fingerprint density at radius 1 is 1.26 bits per heavy atom. The fourth-order valence-corrected chi connectivity index (χ4v) is 3.21. The Labute approximate surface area is 138 Å². The molecule has 0 unspecified atom stereocenters. The molecule has 0 aliphatic rings. The molecule has 0 saturated heterocycles. The van der Waals surface area contributed by atoms with Gasteiger partial charge in [-0.3, -0.25) is 4.79 Å². The van der Waals surface area contributed by atoms with Crippen molar-refractivity contribution in [3.05, 3.63) is 58.3 Å². The summed E-state index contributed by atoms with van der Waals surface area (Å²) in [5, 5.41) is 9.45. The first-order chi connectivity index (χ1) is 11.2. The number of benzene rings is 1. The number of aryl methyl sites for hydroxylation is 1. The molecule has 0 radical (unpaired) electrons. The summed E-state index contributed by atoms with van der Waals surface area (Å²) in [6.07, 6.45) is 1.42. The zero-order valence-electron chi connectivity index (χ0n) is 13.0. The van der Waals surface area contributed by atoms with Crippen LogP contribution in [0.3, 0.4) is 0 Å². The first kappa shape index (κ1) is 15.5. The fourth-order valence-electron chi connectivity index (χ4n) is 2.30. The van der Waals surface area contributed by atoms with Gasteiger partial charge in [-0.2, -0.15) is 0 Å². The van der Waals surface area contributed by atoms with Gasteiger partial charge >= 0.3 is 0 Å². The summed E-state index contributed by atoms with van der Waals surface area (Å²) in [6.45, 7) is 4.91. The van der Waals surface area contributed by atoms with E-state index in [1.54, 1.807) is 0 Å². The van der Waals surface area contributed by atoms with Gasteiger partial charge in [0, 0.05) is 23.9 Å². The van der Waals surface area contributed by atoms with Gasteiger partial charge in [-0.15, -0.1) is 10.2 Å². The molecular formula is C16H17N5OS. The van der Waals surface area contributed by atoms with Gasteiger partial charge in [0.1, 0.15) is 0 Å². The van der Waals surface area contributed by atoms with Gasteiger partial charge in [0.05, 0.1) is 12.0 Å². The van der Waals surface area contributed by atoms with E-state index in [-0.39, 0.29) is 5.56 Å². The molecule has 118 valence electrons. The molecule has 1 aromatic carbocycles. The lowest BCUT2D eigenvalue weighted by Crippen LogP contribution is -2.06. The van der Waals surface area contributed by atoms with E-state index < -0.39 is 0 Å². The van der Waals surface area contributed by atoms with E-state index in [4.69, 9.17) is 0 Å². The number of H-pyrrole nitrogens is 1. The monoisotopic (exact) mass is 327 g/mol. The van der Waals surface area contributed by atoms with Crippen LogP contribution >= 0.6 is 11.8 Å². The second kappa shape index (κ2) is 6.78. The second-order valence-electron chi connectivity index (χ2n) is 5.11. The standard InChI is InChI=1S/C16H17N5OS/c1-3-21-15(12-6-4-5-11(2)7-12)19-20-16(21)23-9-13-8-14(22)18-10-17-13/h4-8,10H,3,9H2,1-2H3,(H,17,18,22). The predicted octanol–water partition coefficient (Wildman–Crippen LogP) is 2.65. The highest BCUT2D eigenvalue weighted by molar-refractivity contribution is 7.98. The van der Waals surface area contributed by atoms with Crippen LogP contribution in [0.5, 0.6) is 0 Å². The lowest BCUT2D eigenvalue weighted by atomic mass is 10.1. The van der Waals surface area contributed by atoms with Crippen molar-refractivity contribution in [3.8, 4) is 11.4 Å². The van der Waals surface area contributed by atoms with Gasteiger partial charge in [0.25, 0.3) is 5.56 Å². The molecule has 0 atom stereocenters. The third-order valence-corrected chi connectivity index (χ3v) is 4.39. The number of nitrogens with zero attached hydrogens (tertiary/aromatic N) is 4. The highest BCUT2D eigenvalue weighted by Gasteiger charge is 2.13. The minimum Gasteiger partial charge on any atom is -0.313 e. The third-order valence-electron chi connectivity index (χ3n) is 3.39. The fraction of sp³-hybridized carbons (Fsp3) is 0.250. The van der Waals surface area contributed by atoms with Crippen molar-refractivity contribution in [3.63, 3.8) is 0 Å². The van der Waals surface area contributed by atoms with Crippen LogP contribution in [0.4, 0.5) is 0 Å². The number of rotatable bonds is 5. The number of aromatic nitrogens is 5. The summed E-state index contributed by atoms with van der Waals surface area (Å²) in [5.41, 5.74) is 2.82. The van der Waals surface area contributed by atoms with Gasteiger partial charge in [-0.25, -0.2) is 4.98 Å². The maximum Gasteiger partial charge on any atom is 0.250 e. The van der Waals surface area contributed by atoms with Crippen LogP contribution in [0.1, 0.15) is 18.2 Å². The zero-order valence-corrected chi connectivity index (χ0v) is 13.8. The molecule has 0 amide bonds. The van der Waals surface area contributed by atoms with E-state index in [9.17, 15) is 4.79 Å². The van der Waals surface area contributed by atoms with Crippen LogP contribution in [-0.2, 0) is 12.3 Å². The van der Waals surface area contributed by atoms with E-state index in [1.165, 1.54) is 29.7 Å². The molecule has 7 heteroatoms. The Morgan fingerprint density at radius 3 is 2.87 bits per heavy atom. The number of nitrogens with one attached hydrogen (secondary N) is 1. The molecule has 3 rings (SSSR count). The molecule has 3 aromatic rings. The number of hydrogen-bond donors (Lipinski definition) is 1. The number of hydrogen-bond acceptors (Lipinski definition) is 5. The van der Waals surface area contributed by atoms with Crippen molar-refractivity contribution in [1.29, 1.82) is 0 Å². The second-order valence-corrected chi connectivity index (χ2v) is 6.05. The van der Waals surface area contributed by atoms with Crippen LogP contribution in [-0.4, -0.2) is 24.7 Å². The first-order valence-corrected chi connectivity index (χ1v) is 8.32. The molecule has 23 heavy (non-hydrogen) atoms. The minimum absolute atomic E-state index is 0.145. The average Bonchev–Trinajstić information content (AvgIpc) is 2.96. The molecule has 0 saturated carbocycles. The molecule has 0 aliphatic carbocycles. The Balaban J connectivity index is 1.85. The predicted molar refractivity (Wildman–Crippen MR) is 90.3 cm³/mol. The van der Waals surface area contributed by atoms with E-state index >= 15 is 0 Å². The van der Waals surface area contributed by atoms with Crippen molar-refractivity contribution in [2.45, 2.75) is 31.3 Å².